The van der Waals surface area contributed by atoms with Crippen LogP contribution in [0.3, 0.4) is 0 Å². The zero-order valence-corrected chi connectivity index (χ0v) is 16.7. The minimum absolute atomic E-state index is 0.512. The third-order valence-corrected chi connectivity index (χ3v) is 4.37. The van der Waals surface area contributed by atoms with Crippen molar-refractivity contribution in [3.05, 3.63) is 42.1 Å². The molecule has 3 rings (SSSR count). The summed E-state index contributed by atoms with van der Waals surface area (Å²) in [6.07, 6.45) is 4.35. The molecule has 2 N–H and O–H groups in total. The summed E-state index contributed by atoms with van der Waals surface area (Å²) < 4.78 is 16.3. The fourth-order valence-electron chi connectivity index (χ4n) is 2.61. The van der Waals surface area contributed by atoms with E-state index in [0.29, 0.717) is 29.9 Å². The molecule has 7 nitrogen and oxygen atoms in total. The van der Waals surface area contributed by atoms with Gasteiger partial charge < -0.3 is 24.8 Å². The number of nitrogens with one attached hydrogen (secondary N) is 2. The highest BCUT2D eigenvalue weighted by atomic mass is 16.5. The molecule has 1 fully saturated rings. The molecule has 1 aliphatic rings. The van der Waals surface area contributed by atoms with Crippen LogP contribution in [-0.4, -0.2) is 38.3 Å². The van der Waals surface area contributed by atoms with Crippen LogP contribution in [0, 0.1) is 5.92 Å². The van der Waals surface area contributed by atoms with Crippen molar-refractivity contribution < 1.29 is 14.2 Å². The van der Waals surface area contributed by atoms with Crippen molar-refractivity contribution in [2.75, 3.05) is 32.7 Å². The molecular weight excluding hydrogens is 356 g/mol. The summed E-state index contributed by atoms with van der Waals surface area (Å²) >= 11 is 0. The molecule has 2 aromatic rings. The van der Waals surface area contributed by atoms with E-state index >= 15 is 0 Å². The van der Waals surface area contributed by atoms with Crippen molar-refractivity contribution in [2.45, 2.75) is 26.3 Å². The lowest BCUT2D eigenvalue weighted by atomic mass is 10.2. The van der Waals surface area contributed by atoms with Gasteiger partial charge in [0.1, 0.15) is 0 Å². The molecule has 1 heterocycles. The third kappa shape index (κ3) is 5.77. The number of rotatable bonds is 9. The molecule has 0 atom stereocenters. The summed E-state index contributed by atoms with van der Waals surface area (Å²) in [6.45, 7) is 4.06. The Morgan fingerprint density at radius 1 is 1.14 bits per heavy atom. The summed E-state index contributed by atoms with van der Waals surface area (Å²) in [5.74, 6) is 3.43. The Bertz CT molecular complexity index is 789. The number of hydrogen-bond donors (Lipinski definition) is 2. The minimum Gasteiger partial charge on any atom is -0.493 e. The van der Waals surface area contributed by atoms with Gasteiger partial charge in [0, 0.05) is 30.6 Å². The quantitative estimate of drug-likeness (QED) is 0.509. The summed E-state index contributed by atoms with van der Waals surface area (Å²) in [4.78, 5) is 9.00. The number of aliphatic imine (C=N–C) groups is 1. The van der Waals surface area contributed by atoms with Crippen molar-refractivity contribution in [3.63, 3.8) is 0 Å². The van der Waals surface area contributed by atoms with Gasteiger partial charge in [0.05, 0.1) is 27.4 Å². The molecule has 0 unspecified atom stereocenters. The average molecular weight is 384 g/mol. The van der Waals surface area contributed by atoms with Crippen molar-refractivity contribution >= 4 is 11.6 Å². The highest BCUT2D eigenvalue weighted by Gasteiger charge is 2.22. The fourth-order valence-corrected chi connectivity index (χ4v) is 2.61. The Balaban J connectivity index is 1.61. The van der Waals surface area contributed by atoms with Crippen LogP contribution in [-0.2, 0) is 6.54 Å². The molecule has 7 heteroatoms. The van der Waals surface area contributed by atoms with Gasteiger partial charge in [0.25, 0.3) is 0 Å². The molecular formula is C21H28N4O3. The van der Waals surface area contributed by atoms with Crippen LogP contribution in [0.1, 0.15) is 25.3 Å². The molecule has 150 valence electrons. The fraction of sp³-hybridized carbons (Fsp3) is 0.429. The minimum atomic E-state index is 0.512. The SMILES string of the molecule is CCNC(=NCc1ccc(OCC2CC2)nc1)Nc1ccc(OC)c(OC)c1. The number of aromatic nitrogens is 1. The Morgan fingerprint density at radius 3 is 2.61 bits per heavy atom. The first-order valence-corrected chi connectivity index (χ1v) is 9.57. The maximum atomic E-state index is 5.68. The third-order valence-electron chi connectivity index (χ3n) is 4.37. The van der Waals surface area contributed by atoms with Gasteiger partial charge in [-0.25, -0.2) is 9.98 Å². The first-order chi connectivity index (χ1) is 13.7. The maximum absolute atomic E-state index is 5.68. The summed E-state index contributed by atoms with van der Waals surface area (Å²) in [6, 6.07) is 9.55. The number of nitrogens with zero attached hydrogens (tertiary/aromatic N) is 2. The number of pyridine rings is 1. The highest BCUT2D eigenvalue weighted by Crippen LogP contribution is 2.30. The van der Waals surface area contributed by atoms with Gasteiger partial charge in [-0.3, -0.25) is 0 Å². The smallest absolute Gasteiger partial charge is 0.213 e. The standard InChI is InChI=1S/C21H28N4O3/c1-4-22-21(25-17-8-9-18(26-2)19(11-17)27-3)24-13-16-7-10-20(23-12-16)28-14-15-5-6-15/h7-12,15H,4-6,13-14H2,1-3H3,(H2,22,24,25). The summed E-state index contributed by atoms with van der Waals surface area (Å²) in [7, 11) is 3.23. The highest BCUT2D eigenvalue weighted by molar-refractivity contribution is 5.93. The Labute approximate surface area is 166 Å². The van der Waals surface area contributed by atoms with E-state index < -0.39 is 0 Å². The molecule has 0 radical (unpaired) electrons. The van der Waals surface area contributed by atoms with Crippen LogP contribution in [0.4, 0.5) is 5.69 Å². The van der Waals surface area contributed by atoms with Crippen molar-refractivity contribution in [1.29, 1.82) is 0 Å². The first-order valence-electron chi connectivity index (χ1n) is 9.57. The van der Waals surface area contributed by atoms with Crippen LogP contribution >= 0.6 is 0 Å². The lowest BCUT2D eigenvalue weighted by molar-refractivity contribution is 0.288. The van der Waals surface area contributed by atoms with E-state index in [4.69, 9.17) is 14.2 Å². The van der Waals surface area contributed by atoms with Gasteiger partial charge in [-0.15, -0.1) is 0 Å². The molecule has 28 heavy (non-hydrogen) atoms. The number of anilines is 1. The second kappa shape index (κ2) is 9.82. The Morgan fingerprint density at radius 2 is 1.96 bits per heavy atom. The number of benzene rings is 1. The molecule has 1 saturated carbocycles. The van der Waals surface area contributed by atoms with E-state index in [1.807, 2.05) is 43.5 Å². The van der Waals surface area contributed by atoms with Crippen molar-refractivity contribution in [2.24, 2.45) is 10.9 Å². The lowest BCUT2D eigenvalue weighted by Gasteiger charge is -2.14. The maximum Gasteiger partial charge on any atom is 0.213 e. The topological polar surface area (TPSA) is 77.0 Å². The predicted molar refractivity (Wildman–Crippen MR) is 110 cm³/mol. The Kier molecular flexibility index (Phi) is 6.94. The molecule has 0 saturated heterocycles. The van der Waals surface area contributed by atoms with E-state index in [1.165, 1.54) is 12.8 Å². The lowest BCUT2D eigenvalue weighted by Crippen LogP contribution is -2.30. The average Bonchev–Trinajstić information content (AvgIpc) is 3.56. The van der Waals surface area contributed by atoms with Crippen molar-refractivity contribution in [1.82, 2.24) is 10.3 Å². The largest absolute Gasteiger partial charge is 0.493 e. The van der Waals surface area contributed by atoms with Crippen LogP contribution in [0.15, 0.2) is 41.5 Å². The van der Waals surface area contributed by atoms with Gasteiger partial charge in [0.2, 0.25) is 5.88 Å². The predicted octanol–water partition coefficient (Wildman–Crippen LogP) is 3.47. The normalized spacial score (nSPS) is 13.8. The van der Waals surface area contributed by atoms with Gasteiger partial charge >= 0.3 is 0 Å². The number of ether oxygens (including phenoxy) is 3. The van der Waals surface area contributed by atoms with Crippen LogP contribution < -0.4 is 24.8 Å². The molecule has 1 aliphatic carbocycles. The number of guanidine groups is 1. The number of methoxy groups -OCH3 is 2. The van der Waals surface area contributed by atoms with Crippen LogP contribution in [0.5, 0.6) is 17.4 Å². The van der Waals surface area contributed by atoms with E-state index in [1.54, 1.807) is 14.2 Å². The Hall–Kier alpha value is -2.96. The molecule has 1 aromatic heterocycles. The van der Waals surface area contributed by atoms with Gasteiger partial charge in [-0.05, 0) is 43.4 Å². The van der Waals surface area contributed by atoms with Gasteiger partial charge in [-0.1, -0.05) is 6.07 Å². The van der Waals surface area contributed by atoms with E-state index in [0.717, 1.165) is 30.3 Å². The molecule has 0 spiro atoms. The zero-order valence-electron chi connectivity index (χ0n) is 16.7. The van der Waals surface area contributed by atoms with Crippen LogP contribution in [0.25, 0.3) is 0 Å². The second-order valence-electron chi connectivity index (χ2n) is 6.65. The summed E-state index contributed by atoms with van der Waals surface area (Å²) in [5, 5.41) is 6.53. The molecule has 0 aliphatic heterocycles. The first kappa shape index (κ1) is 19.8. The second-order valence-corrected chi connectivity index (χ2v) is 6.65. The van der Waals surface area contributed by atoms with E-state index in [-0.39, 0.29) is 0 Å². The van der Waals surface area contributed by atoms with Gasteiger partial charge in [-0.2, -0.15) is 0 Å². The molecule has 0 bridgehead atoms. The van der Waals surface area contributed by atoms with Gasteiger partial charge in [0.15, 0.2) is 17.5 Å². The number of hydrogen-bond acceptors (Lipinski definition) is 5. The molecule has 1 aromatic carbocycles. The zero-order chi connectivity index (χ0) is 19.8. The van der Waals surface area contributed by atoms with Crippen LogP contribution in [0.2, 0.25) is 0 Å². The van der Waals surface area contributed by atoms with E-state index in [9.17, 15) is 0 Å². The van der Waals surface area contributed by atoms with E-state index in [2.05, 4.69) is 20.6 Å². The monoisotopic (exact) mass is 384 g/mol. The summed E-state index contributed by atoms with van der Waals surface area (Å²) in [5.41, 5.74) is 1.88. The van der Waals surface area contributed by atoms with Crippen molar-refractivity contribution in [3.8, 4) is 17.4 Å². The molecule has 0 amide bonds.